The van der Waals surface area contributed by atoms with Gasteiger partial charge in [0.1, 0.15) is 9.34 Å². The maximum absolute atomic E-state index is 5.87. The number of piperidine rings is 1. The molecule has 3 rings (SSSR count). The zero-order chi connectivity index (χ0) is 13.8. The summed E-state index contributed by atoms with van der Waals surface area (Å²) < 4.78 is 0.738. The van der Waals surface area contributed by atoms with Crippen molar-refractivity contribution in [2.24, 2.45) is 0 Å². The Bertz CT molecular complexity index is 547. The first-order chi connectivity index (χ1) is 9.81. The Kier molecular flexibility index (Phi) is 4.43. The minimum atomic E-state index is 0.723. The summed E-state index contributed by atoms with van der Waals surface area (Å²) in [6, 6.07) is 8.67. The van der Waals surface area contributed by atoms with Crippen molar-refractivity contribution in [1.29, 1.82) is 0 Å². The molecule has 20 heavy (non-hydrogen) atoms. The van der Waals surface area contributed by atoms with E-state index in [1.165, 1.54) is 49.4 Å². The average molecular weight is 308 g/mol. The second-order valence-electron chi connectivity index (χ2n) is 5.01. The van der Waals surface area contributed by atoms with Gasteiger partial charge in [0.25, 0.3) is 0 Å². The smallest absolute Gasteiger partial charge is 0.113 e. The number of aromatic nitrogens is 1. The largest absolute Gasteiger partial charge is 0.379 e. The quantitative estimate of drug-likeness (QED) is 0.907. The van der Waals surface area contributed by atoms with E-state index in [4.69, 9.17) is 11.6 Å². The lowest BCUT2D eigenvalue weighted by atomic mass is 10.1. The minimum absolute atomic E-state index is 0.723. The number of rotatable bonds is 4. The molecule has 0 unspecified atom stereocenters. The molecule has 1 N–H and O–H groups in total. The van der Waals surface area contributed by atoms with Gasteiger partial charge < -0.3 is 10.2 Å². The van der Waals surface area contributed by atoms with E-state index in [1.807, 2.05) is 0 Å². The van der Waals surface area contributed by atoms with Crippen LogP contribution in [-0.4, -0.2) is 18.1 Å². The van der Waals surface area contributed by atoms with Gasteiger partial charge in [-0.1, -0.05) is 11.6 Å². The van der Waals surface area contributed by atoms with Gasteiger partial charge in [-0.05, 0) is 43.5 Å². The van der Waals surface area contributed by atoms with E-state index in [2.05, 4.69) is 39.5 Å². The summed E-state index contributed by atoms with van der Waals surface area (Å²) in [4.78, 5) is 6.70. The lowest BCUT2D eigenvalue weighted by Crippen LogP contribution is -2.29. The fourth-order valence-corrected chi connectivity index (χ4v) is 3.39. The van der Waals surface area contributed by atoms with Crippen molar-refractivity contribution >= 4 is 34.3 Å². The molecule has 3 nitrogen and oxygen atoms in total. The SMILES string of the molecule is Clc1cnc(CNc2ccc(N3CCCCC3)cc2)s1. The molecule has 1 saturated heterocycles. The summed E-state index contributed by atoms with van der Waals surface area (Å²) in [6.07, 6.45) is 5.69. The molecule has 1 aromatic carbocycles. The van der Waals surface area contributed by atoms with Crippen molar-refractivity contribution in [2.45, 2.75) is 25.8 Å². The molecule has 0 saturated carbocycles. The van der Waals surface area contributed by atoms with Gasteiger partial charge in [0.2, 0.25) is 0 Å². The summed E-state index contributed by atoms with van der Waals surface area (Å²) >= 11 is 7.39. The van der Waals surface area contributed by atoms with Gasteiger partial charge in [0, 0.05) is 24.5 Å². The number of nitrogens with zero attached hydrogens (tertiary/aromatic N) is 2. The van der Waals surface area contributed by atoms with E-state index < -0.39 is 0 Å². The number of nitrogens with one attached hydrogen (secondary N) is 1. The Morgan fingerprint density at radius 1 is 1.15 bits per heavy atom. The van der Waals surface area contributed by atoms with Crippen LogP contribution in [0, 0.1) is 0 Å². The van der Waals surface area contributed by atoms with Gasteiger partial charge >= 0.3 is 0 Å². The number of hydrogen-bond donors (Lipinski definition) is 1. The summed E-state index contributed by atoms with van der Waals surface area (Å²) in [6.45, 7) is 3.09. The highest BCUT2D eigenvalue weighted by Crippen LogP contribution is 2.23. The van der Waals surface area contributed by atoms with Crippen molar-refractivity contribution in [2.75, 3.05) is 23.3 Å². The molecule has 0 radical (unpaired) electrons. The Balaban J connectivity index is 1.58. The maximum atomic E-state index is 5.87. The van der Waals surface area contributed by atoms with E-state index in [9.17, 15) is 0 Å². The lowest BCUT2D eigenvalue weighted by Gasteiger charge is -2.28. The lowest BCUT2D eigenvalue weighted by molar-refractivity contribution is 0.578. The monoisotopic (exact) mass is 307 g/mol. The van der Waals surface area contributed by atoms with Crippen molar-refractivity contribution in [3.8, 4) is 0 Å². The third kappa shape index (κ3) is 3.44. The predicted molar refractivity (Wildman–Crippen MR) is 87.0 cm³/mol. The van der Waals surface area contributed by atoms with Gasteiger partial charge in [-0.15, -0.1) is 11.3 Å². The molecule has 1 aromatic heterocycles. The van der Waals surface area contributed by atoms with E-state index in [-0.39, 0.29) is 0 Å². The summed E-state index contributed by atoms with van der Waals surface area (Å²) in [5.74, 6) is 0. The number of halogens is 1. The van der Waals surface area contributed by atoms with Crippen LogP contribution in [0.25, 0.3) is 0 Å². The number of thiazole rings is 1. The molecule has 0 bridgehead atoms. The zero-order valence-corrected chi connectivity index (χ0v) is 12.9. The topological polar surface area (TPSA) is 28.2 Å². The van der Waals surface area contributed by atoms with Gasteiger partial charge in [0.05, 0.1) is 12.7 Å². The Hall–Kier alpha value is -1.26. The predicted octanol–water partition coefficient (Wildman–Crippen LogP) is 4.40. The normalized spacial score (nSPS) is 15.3. The molecule has 0 aliphatic carbocycles. The third-order valence-electron chi connectivity index (χ3n) is 3.56. The van der Waals surface area contributed by atoms with Crippen LogP contribution in [-0.2, 0) is 6.54 Å². The van der Waals surface area contributed by atoms with E-state index in [0.29, 0.717) is 0 Å². The van der Waals surface area contributed by atoms with Crippen LogP contribution in [0.4, 0.5) is 11.4 Å². The van der Waals surface area contributed by atoms with Crippen LogP contribution in [0.5, 0.6) is 0 Å². The first-order valence-corrected chi connectivity index (χ1v) is 8.20. The second kappa shape index (κ2) is 6.46. The molecule has 1 fully saturated rings. The highest BCUT2D eigenvalue weighted by atomic mass is 35.5. The molecule has 0 amide bonds. The average Bonchev–Trinajstić information content (AvgIpc) is 2.92. The minimum Gasteiger partial charge on any atom is -0.379 e. The first kappa shape index (κ1) is 13.7. The number of hydrogen-bond acceptors (Lipinski definition) is 4. The van der Waals surface area contributed by atoms with Crippen molar-refractivity contribution < 1.29 is 0 Å². The van der Waals surface area contributed by atoms with Crippen LogP contribution in [0.1, 0.15) is 24.3 Å². The molecule has 0 atom stereocenters. The summed E-state index contributed by atoms with van der Waals surface area (Å²) in [7, 11) is 0. The molecule has 2 heterocycles. The number of benzene rings is 1. The fraction of sp³-hybridized carbons (Fsp3) is 0.400. The Morgan fingerprint density at radius 2 is 1.90 bits per heavy atom. The summed E-state index contributed by atoms with van der Waals surface area (Å²) in [5, 5.41) is 4.38. The molecule has 106 valence electrons. The Labute approximate surface area is 128 Å². The van der Waals surface area contributed by atoms with Crippen LogP contribution in [0.2, 0.25) is 4.34 Å². The highest BCUT2D eigenvalue weighted by molar-refractivity contribution is 7.15. The molecule has 1 aliphatic heterocycles. The van der Waals surface area contributed by atoms with Crippen molar-refractivity contribution in [3.63, 3.8) is 0 Å². The number of anilines is 2. The van der Waals surface area contributed by atoms with Crippen LogP contribution in [0.3, 0.4) is 0 Å². The molecular formula is C15H18ClN3S. The van der Waals surface area contributed by atoms with E-state index in [0.717, 1.165) is 21.6 Å². The Morgan fingerprint density at radius 3 is 2.55 bits per heavy atom. The molecule has 2 aromatic rings. The van der Waals surface area contributed by atoms with Gasteiger partial charge in [-0.3, -0.25) is 0 Å². The standard InChI is InChI=1S/C15H18ClN3S/c16-14-10-18-15(20-14)11-17-12-4-6-13(7-5-12)19-8-2-1-3-9-19/h4-7,10,17H,1-3,8-9,11H2. The van der Waals surface area contributed by atoms with Crippen LogP contribution in [0.15, 0.2) is 30.5 Å². The van der Waals surface area contributed by atoms with Gasteiger partial charge in [0.15, 0.2) is 0 Å². The molecule has 1 aliphatic rings. The molecule has 5 heteroatoms. The first-order valence-electron chi connectivity index (χ1n) is 7.00. The van der Waals surface area contributed by atoms with Crippen LogP contribution < -0.4 is 10.2 Å². The van der Waals surface area contributed by atoms with E-state index in [1.54, 1.807) is 6.20 Å². The van der Waals surface area contributed by atoms with Crippen molar-refractivity contribution in [3.05, 3.63) is 39.8 Å². The molecular weight excluding hydrogens is 290 g/mol. The van der Waals surface area contributed by atoms with Gasteiger partial charge in [-0.2, -0.15) is 0 Å². The third-order valence-corrected chi connectivity index (χ3v) is 4.67. The second-order valence-corrected chi connectivity index (χ2v) is 6.75. The van der Waals surface area contributed by atoms with E-state index >= 15 is 0 Å². The maximum Gasteiger partial charge on any atom is 0.113 e. The van der Waals surface area contributed by atoms with Crippen LogP contribution >= 0.6 is 22.9 Å². The fourth-order valence-electron chi connectivity index (χ4n) is 2.49. The summed E-state index contributed by atoms with van der Waals surface area (Å²) in [5.41, 5.74) is 2.45. The highest BCUT2D eigenvalue weighted by Gasteiger charge is 2.10. The van der Waals surface area contributed by atoms with Crippen molar-refractivity contribution in [1.82, 2.24) is 4.98 Å². The molecule has 0 spiro atoms. The zero-order valence-electron chi connectivity index (χ0n) is 11.3. The van der Waals surface area contributed by atoms with Gasteiger partial charge in [-0.25, -0.2) is 4.98 Å².